The summed E-state index contributed by atoms with van der Waals surface area (Å²) in [4.78, 5) is 15.1. The van der Waals surface area contributed by atoms with Crippen LogP contribution in [0.2, 0.25) is 0 Å². The Hall–Kier alpha value is -0.590. The number of rotatable bonds is 6. The topological polar surface area (TPSA) is 62.2 Å². The Balaban J connectivity index is 2.38. The third kappa shape index (κ3) is 3.48. The van der Waals surface area contributed by atoms with Crippen molar-refractivity contribution in [3.05, 3.63) is 11.6 Å². The zero-order valence-electron chi connectivity index (χ0n) is 8.69. The molecule has 0 amide bonds. The predicted molar refractivity (Wildman–Crippen MR) is 62.6 cm³/mol. The van der Waals surface area contributed by atoms with Gasteiger partial charge in [-0.3, -0.25) is 4.79 Å². The molecule has 0 spiro atoms. The molecule has 0 radical (unpaired) electrons. The highest BCUT2D eigenvalue weighted by atomic mass is 32.2. The van der Waals surface area contributed by atoms with Crippen LogP contribution >= 0.6 is 23.1 Å². The molecular weight excluding hydrogens is 232 g/mol. The fraction of sp³-hybridized carbons (Fsp3) is 0.556. The number of aromatic nitrogens is 1. The summed E-state index contributed by atoms with van der Waals surface area (Å²) in [5.41, 5.74) is -0.843. The Morgan fingerprint density at radius 2 is 2.53 bits per heavy atom. The zero-order valence-corrected chi connectivity index (χ0v) is 10.3. The molecule has 1 heterocycles. The largest absolute Gasteiger partial charge is 0.480 e. The molecule has 1 atom stereocenters. The second-order valence-corrected chi connectivity index (χ2v) is 5.52. The van der Waals surface area contributed by atoms with Gasteiger partial charge in [0.1, 0.15) is 9.88 Å². The molecular formula is C9H14N2O2S2. The van der Waals surface area contributed by atoms with Crippen molar-refractivity contribution in [2.75, 3.05) is 12.8 Å². The zero-order chi connectivity index (χ0) is 11.3. The molecule has 1 aromatic heterocycles. The lowest BCUT2D eigenvalue weighted by Gasteiger charge is -2.23. The van der Waals surface area contributed by atoms with Crippen LogP contribution in [0, 0.1) is 0 Å². The van der Waals surface area contributed by atoms with Crippen molar-refractivity contribution in [3.8, 4) is 0 Å². The van der Waals surface area contributed by atoms with Crippen molar-refractivity contribution in [1.29, 1.82) is 0 Å². The molecule has 1 unspecified atom stereocenters. The van der Waals surface area contributed by atoms with Gasteiger partial charge >= 0.3 is 5.97 Å². The standard InChI is InChI=1S/C9H14N2O2S2/c1-9(10-2,7(12)13)3-5-14-8-11-4-6-15-8/h4,6,10H,3,5H2,1-2H3,(H,12,13). The highest BCUT2D eigenvalue weighted by Crippen LogP contribution is 2.23. The minimum Gasteiger partial charge on any atom is -0.480 e. The van der Waals surface area contributed by atoms with Gasteiger partial charge in [-0.05, 0) is 20.4 Å². The van der Waals surface area contributed by atoms with Crippen molar-refractivity contribution in [1.82, 2.24) is 10.3 Å². The molecule has 0 saturated carbocycles. The van der Waals surface area contributed by atoms with E-state index in [1.807, 2.05) is 5.38 Å². The lowest BCUT2D eigenvalue weighted by atomic mass is 10.00. The smallest absolute Gasteiger partial charge is 0.323 e. The number of thiazole rings is 1. The Bertz CT molecular complexity index is 316. The molecule has 1 rings (SSSR count). The molecule has 4 nitrogen and oxygen atoms in total. The molecule has 0 aliphatic carbocycles. The number of carboxylic acids is 1. The van der Waals surface area contributed by atoms with Crippen LogP contribution in [0.4, 0.5) is 0 Å². The molecule has 0 aliphatic rings. The van der Waals surface area contributed by atoms with Crippen LogP contribution in [0.15, 0.2) is 15.9 Å². The molecule has 15 heavy (non-hydrogen) atoms. The van der Waals surface area contributed by atoms with Crippen LogP contribution in [-0.4, -0.2) is 34.4 Å². The highest BCUT2D eigenvalue weighted by molar-refractivity contribution is 8.00. The summed E-state index contributed by atoms with van der Waals surface area (Å²) in [6.45, 7) is 1.69. The summed E-state index contributed by atoms with van der Waals surface area (Å²) < 4.78 is 0.985. The first kappa shape index (κ1) is 12.5. The van der Waals surface area contributed by atoms with E-state index in [-0.39, 0.29) is 0 Å². The highest BCUT2D eigenvalue weighted by Gasteiger charge is 2.30. The van der Waals surface area contributed by atoms with Crippen molar-refractivity contribution in [2.24, 2.45) is 0 Å². The van der Waals surface area contributed by atoms with Crippen LogP contribution in [0.1, 0.15) is 13.3 Å². The quantitative estimate of drug-likeness (QED) is 0.748. The van der Waals surface area contributed by atoms with Crippen molar-refractivity contribution in [2.45, 2.75) is 23.2 Å². The Kier molecular flexibility index (Phi) is 4.56. The average molecular weight is 246 g/mol. The molecule has 84 valence electrons. The number of carboxylic acid groups (broad SMARTS) is 1. The van der Waals surface area contributed by atoms with Gasteiger partial charge in [0.05, 0.1) is 0 Å². The number of thioether (sulfide) groups is 1. The van der Waals surface area contributed by atoms with Gasteiger partial charge in [0, 0.05) is 17.3 Å². The van der Waals surface area contributed by atoms with Crippen LogP contribution in [0.3, 0.4) is 0 Å². The second-order valence-electron chi connectivity index (χ2n) is 3.28. The molecule has 1 aromatic rings. The fourth-order valence-corrected chi connectivity index (χ4v) is 2.83. The number of hydrogen-bond acceptors (Lipinski definition) is 5. The van der Waals surface area contributed by atoms with Gasteiger partial charge in [0.15, 0.2) is 0 Å². The van der Waals surface area contributed by atoms with Crippen molar-refractivity contribution >= 4 is 29.1 Å². The normalized spacial score (nSPS) is 14.8. The molecule has 0 fully saturated rings. The Morgan fingerprint density at radius 1 is 1.80 bits per heavy atom. The number of likely N-dealkylation sites (N-methyl/N-ethyl adjacent to an activating group) is 1. The molecule has 0 saturated heterocycles. The number of nitrogens with one attached hydrogen (secondary N) is 1. The SMILES string of the molecule is CNC(C)(CCSc1nccs1)C(=O)O. The Morgan fingerprint density at radius 3 is 3.00 bits per heavy atom. The van der Waals surface area contributed by atoms with Gasteiger partial charge in [-0.15, -0.1) is 11.3 Å². The molecule has 0 aliphatic heterocycles. The third-order valence-corrected chi connectivity index (χ3v) is 4.23. The van der Waals surface area contributed by atoms with Crippen molar-refractivity contribution in [3.63, 3.8) is 0 Å². The van der Waals surface area contributed by atoms with Crippen LogP contribution in [0.25, 0.3) is 0 Å². The summed E-state index contributed by atoms with van der Waals surface area (Å²) in [5, 5.41) is 13.7. The number of nitrogens with zero attached hydrogens (tertiary/aromatic N) is 1. The molecule has 0 aromatic carbocycles. The van der Waals surface area contributed by atoms with Gasteiger partial charge < -0.3 is 10.4 Å². The number of aliphatic carboxylic acids is 1. The van der Waals surface area contributed by atoms with E-state index in [0.717, 1.165) is 10.1 Å². The molecule has 2 N–H and O–H groups in total. The maximum absolute atomic E-state index is 11.0. The van der Waals surface area contributed by atoms with E-state index in [1.54, 1.807) is 43.3 Å². The van der Waals surface area contributed by atoms with Crippen LogP contribution < -0.4 is 5.32 Å². The number of carbonyl (C=O) groups is 1. The molecule has 6 heteroatoms. The number of hydrogen-bond donors (Lipinski definition) is 2. The monoisotopic (exact) mass is 246 g/mol. The lowest BCUT2D eigenvalue weighted by Crippen LogP contribution is -2.47. The first-order valence-electron chi connectivity index (χ1n) is 4.53. The van der Waals surface area contributed by atoms with E-state index in [2.05, 4.69) is 10.3 Å². The van der Waals surface area contributed by atoms with E-state index >= 15 is 0 Å². The predicted octanol–water partition coefficient (Wildman–Crippen LogP) is 1.69. The second kappa shape index (κ2) is 5.48. The van der Waals surface area contributed by atoms with Gasteiger partial charge in [0.25, 0.3) is 0 Å². The average Bonchev–Trinajstić information content (AvgIpc) is 2.70. The van der Waals surface area contributed by atoms with E-state index in [0.29, 0.717) is 6.42 Å². The summed E-state index contributed by atoms with van der Waals surface area (Å²) in [5.74, 6) is -0.0679. The summed E-state index contributed by atoms with van der Waals surface area (Å²) in [6.07, 6.45) is 2.32. The minimum absolute atomic E-state index is 0.572. The van der Waals surface area contributed by atoms with Gasteiger partial charge in [-0.1, -0.05) is 11.8 Å². The summed E-state index contributed by atoms with van der Waals surface area (Å²) in [6, 6.07) is 0. The van der Waals surface area contributed by atoms with Crippen molar-refractivity contribution < 1.29 is 9.90 Å². The van der Waals surface area contributed by atoms with Gasteiger partial charge in [-0.2, -0.15) is 0 Å². The van der Waals surface area contributed by atoms with E-state index in [9.17, 15) is 4.79 Å². The van der Waals surface area contributed by atoms with Crippen LogP contribution in [-0.2, 0) is 4.79 Å². The summed E-state index contributed by atoms with van der Waals surface area (Å²) >= 11 is 3.16. The van der Waals surface area contributed by atoms with E-state index < -0.39 is 11.5 Å². The maximum Gasteiger partial charge on any atom is 0.323 e. The van der Waals surface area contributed by atoms with E-state index in [1.165, 1.54) is 0 Å². The first-order chi connectivity index (χ1) is 7.08. The first-order valence-corrected chi connectivity index (χ1v) is 6.39. The minimum atomic E-state index is -0.843. The van der Waals surface area contributed by atoms with E-state index in [4.69, 9.17) is 5.11 Å². The lowest BCUT2D eigenvalue weighted by molar-refractivity contribution is -0.144. The third-order valence-electron chi connectivity index (χ3n) is 2.26. The van der Waals surface area contributed by atoms with Gasteiger partial charge in [0.2, 0.25) is 0 Å². The van der Waals surface area contributed by atoms with Crippen LogP contribution in [0.5, 0.6) is 0 Å². The fourth-order valence-electron chi connectivity index (χ4n) is 0.963. The Labute approximate surface area is 97.1 Å². The maximum atomic E-state index is 11.0. The summed E-state index contributed by atoms with van der Waals surface area (Å²) in [7, 11) is 1.67. The van der Waals surface area contributed by atoms with Gasteiger partial charge in [-0.25, -0.2) is 4.98 Å². The molecule has 0 bridgehead atoms.